The van der Waals surface area contributed by atoms with Gasteiger partial charge in [0.25, 0.3) is 0 Å². The molecule has 0 spiro atoms. The number of benzene rings is 2. The summed E-state index contributed by atoms with van der Waals surface area (Å²) < 4.78 is 11.0. The fourth-order valence-corrected chi connectivity index (χ4v) is 3.96. The van der Waals surface area contributed by atoms with Gasteiger partial charge in [-0.2, -0.15) is 0 Å². The van der Waals surface area contributed by atoms with Gasteiger partial charge in [0.15, 0.2) is 0 Å². The molecular formula is C24H31NO3. The predicted molar refractivity (Wildman–Crippen MR) is 112 cm³/mol. The zero-order valence-electron chi connectivity index (χ0n) is 17.0. The van der Waals surface area contributed by atoms with Gasteiger partial charge in [0.2, 0.25) is 5.91 Å². The van der Waals surface area contributed by atoms with Crippen LogP contribution < -0.4 is 4.74 Å². The largest absolute Gasteiger partial charge is 0.497 e. The van der Waals surface area contributed by atoms with E-state index in [0.29, 0.717) is 12.3 Å². The number of hydrogen-bond acceptors (Lipinski definition) is 3. The second-order valence-corrected chi connectivity index (χ2v) is 7.47. The van der Waals surface area contributed by atoms with Gasteiger partial charge in [-0.05, 0) is 55.4 Å². The number of carbonyl (C=O) groups excluding carboxylic acids is 1. The molecule has 0 bridgehead atoms. The van der Waals surface area contributed by atoms with E-state index < -0.39 is 0 Å². The Morgan fingerprint density at radius 2 is 2.00 bits per heavy atom. The number of nitrogens with zero attached hydrogens (tertiary/aromatic N) is 1. The molecular weight excluding hydrogens is 350 g/mol. The highest BCUT2D eigenvalue weighted by Crippen LogP contribution is 2.28. The minimum absolute atomic E-state index is 0.205. The van der Waals surface area contributed by atoms with Crippen molar-refractivity contribution in [3.63, 3.8) is 0 Å². The molecule has 0 aromatic heterocycles. The van der Waals surface area contributed by atoms with Crippen LogP contribution in [0.15, 0.2) is 54.6 Å². The molecule has 0 aliphatic carbocycles. The summed E-state index contributed by atoms with van der Waals surface area (Å²) in [7, 11) is 1.66. The summed E-state index contributed by atoms with van der Waals surface area (Å²) in [6, 6.07) is 18.2. The van der Waals surface area contributed by atoms with Crippen LogP contribution in [0.5, 0.6) is 5.75 Å². The first kappa shape index (κ1) is 20.4. The number of ether oxygens (including phenoxy) is 2. The Kier molecular flexibility index (Phi) is 7.49. The quantitative estimate of drug-likeness (QED) is 0.684. The number of rotatable bonds is 8. The van der Waals surface area contributed by atoms with Crippen molar-refractivity contribution >= 4 is 5.91 Å². The normalized spacial score (nSPS) is 17.9. The summed E-state index contributed by atoms with van der Waals surface area (Å²) in [5.74, 6) is 1.22. The van der Waals surface area contributed by atoms with Crippen molar-refractivity contribution in [3.05, 3.63) is 65.7 Å². The number of piperidine rings is 1. The Morgan fingerprint density at radius 1 is 1.18 bits per heavy atom. The molecule has 2 aromatic rings. The summed E-state index contributed by atoms with van der Waals surface area (Å²) in [6.45, 7) is 5.10. The van der Waals surface area contributed by atoms with Crippen LogP contribution in [0.2, 0.25) is 0 Å². The molecule has 1 heterocycles. The molecule has 2 atom stereocenters. The van der Waals surface area contributed by atoms with Gasteiger partial charge in [-0.1, -0.05) is 42.5 Å². The van der Waals surface area contributed by atoms with Crippen molar-refractivity contribution in [2.45, 2.75) is 32.1 Å². The van der Waals surface area contributed by atoms with Crippen LogP contribution in [0.3, 0.4) is 0 Å². The third-order valence-corrected chi connectivity index (χ3v) is 5.47. The average Bonchev–Trinajstić information content (AvgIpc) is 2.76. The van der Waals surface area contributed by atoms with Crippen LogP contribution >= 0.6 is 0 Å². The minimum Gasteiger partial charge on any atom is -0.497 e. The lowest BCUT2D eigenvalue weighted by Gasteiger charge is -2.35. The molecule has 4 heteroatoms. The van der Waals surface area contributed by atoms with Crippen LogP contribution in [-0.2, 0) is 16.0 Å². The molecule has 1 aliphatic heterocycles. The zero-order chi connectivity index (χ0) is 19.8. The van der Waals surface area contributed by atoms with Gasteiger partial charge in [0, 0.05) is 19.7 Å². The maximum Gasteiger partial charge on any atom is 0.230 e. The van der Waals surface area contributed by atoms with E-state index in [-0.39, 0.29) is 11.8 Å². The molecule has 2 aromatic carbocycles. The Hall–Kier alpha value is -2.33. The first-order valence-electron chi connectivity index (χ1n) is 10.3. The molecule has 1 fully saturated rings. The number of amides is 1. The molecule has 2 unspecified atom stereocenters. The van der Waals surface area contributed by atoms with Crippen LogP contribution in [0.4, 0.5) is 0 Å². The minimum atomic E-state index is -0.205. The maximum absolute atomic E-state index is 13.6. The second-order valence-electron chi connectivity index (χ2n) is 7.47. The summed E-state index contributed by atoms with van der Waals surface area (Å²) >= 11 is 0. The monoisotopic (exact) mass is 381 g/mol. The molecule has 1 amide bonds. The van der Waals surface area contributed by atoms with Gasteiger partial charge in [-0.3, -0.25) is 4.79 Å². The van der Waals surface area contributed by atoms with E-state index in [9.17, 15) is 4.79 Å². The lowest BCUT2D eigenvalue weighted by atomic mass is 9.89. The van der Waals surface area contributed by atoms with E-state index in [1.807, 2.05) is 54.3 Å². The summed E-state index contributed by atoms with van der Waals surface area (Å²) in [5, 5.41) is 0. The van der Waals surface area contributed by atoms with E-state index >= 15 is 0 Å². The van der Waals surface area contributed by atoms with E-state index in [2.05, 4.69) is 12.1 Å². The van der Waals surface area contributed by atoms with Crippen LogP contribution in [0.25, 0.3) is 0 Å². The van der Waals surface area contributed by atoms with E-state index in [1.165, 1.54) is 5.56 Å². The summed E-state index contributed by atoms with van der Waals surface area (Å²) in [4.78, 5) is 15.6. The SMILES string of the molecule is CCOCC1CCCN(C(=O)C(Cc2ccccc2)c2cccc(OC)c2)C1. The molecule has 3 rings (SSSR count). The number of likely N-dealkylation sites (tertiary alicyclic amines) is 1. The van der Waals surface area contributed by atoms with Gasteiger partial charge in [0.1, 0.15) is 5.75 Å². The second kappa shape index (κ2) is 10.3. The number of carbonyl (C=O) groups is 1. The van der Waals surface area contributed by atoms with Gasteiger partial charge in [-0.15, -0.1) is 0 Å². The predicted octanol–water partition coefficient (Wildman–Crippen LogP) is 4.30. The molecule has 28 heavy (non-hydrogen) atoms. The van der Waals surface area contributed by atoms with Gasteiger partial charge in [0.05, 0.1) is 19.6 Å². The first-order chi connectivity index (χ1) is 13.7. The lowest BCUT2D eigenvalue weighted by molar-refractivity contribution is -0.135. The maximum atomic E-state index is 13.6. The lowest BCUT2D eigenvalue weighted by Crippen LogP contribution is -2.43. The van der Waals surface area contributed by atoms with Crippen molar-refractivity contribution in [3.8, 4) is 5.75 Å². The highest BCUT2D eigenvalue weighted by atomic mass is 16.5. The topological polar surface area (TPSA) is 38.8 Å². The molecule has 0 N–H and O–H groups in total. The molecule has 150 valence electrons. The van der Waals surface area contributed by atoms with E-state index in [0.717, 1.165) is 50.5 Å². The van der Waals surface area contributed by atoms with Crippen LogP contribution in [0, 0.1) is 5.92 Å². The zero-order valence-corrected chi connectivity index (χ0v) is 17.0. The van der Waals surface area contributed by atoms with Gasteiger partial charge in [-0.25, -0.2) is 0 Å². The Bertz CT molecular complexity index is 747. The number of hydrogen-bond donors (Lipinski definition) is 0. The van der Waals surface area contributed by atoms with Crippen molar-refractivity contribution in [1.82, 2.24) is 4.90 Å². The summed E-state index contributed by atoms with van der Waals surface area (Å²) in [6.07, 6.45) is 2.87. The summed E-state index contributed by atoms with van der Waals surface area (Å²) in [5.41, 5.74) is 2.19. The molecule has 4 nitrogen and oxygen atoms in total. The van der Waals surface area contributed by atoms with Crippen molar-refractivity contribution in [1.29, 1.82) is 0 Å². The fourth-order valence-electron chi connectivity index (χ4n) is 3.96. The highest BCUT2D eigenvalue weighted by Gasteiger charge is 2.30. The third kappa shape index (κ3) is 5.35. The molecule has 0 saturated carbocycles. The van der Waals surface area contributed by atoms with Crippen molar-refractivity contribution in [2.24, 2.45) is 5.92 Å². The molecule has 1 aliphatic rings. The fraction of sp³-hybridized carbons (Fsp3) is 0.458. The smallest absolute Gasteiger partial charge is 0.230 e. The Balaban J connectivity index is 1.81. The van der Waals surface area contributed by atoms with Gasteiger partial charge < -0.3 is 14.4 Å². The van der Waals surface area contributed by atoms with Gasteiger partial charge >= 0.3 is 0 Å². The highest BCUT2D eigenvalue weighted by molar-refractivity contribution is 5.84. The van der Waals surface area contributed by atoms with Crippen LogP contribution in [-0.4, -0.2) is 44.2 Å². The standard InChI is InChI=1S/C24H31NO3/c1-3-28-18-20-11-8-14-25(17-20)24(26)23(15-19-9-5-4-6-10-19)21-12-7-13-22(16-21)27-2/h4-7,9-10,12-13,16,20,23H,3,8,11,14-15,17-18H2,1-2H3. The van der Waals surface area contributed by atoms with E-state index in [4.69, 9.17) is 9.47 Å². The number of methoxy groups -OCH3 is 1. The third-order valence-electron chi connectivity index (χ3n) is 5.47. The molecule has 0 radical (unpaired) electrons. The first-order valence-corrected chi connectivity index (χ1v) is 10.3. The van der Waals surface area contributed by atoms with Crippen LogP contribution in [0.1, 0.15) is 36.8 Å². The van der Waals surface area contributed by atoms with E-state index in [1.54, 1.807) is 7.11 Å². The average molecular weight is 382 g/mol. The Labute approximate surface area is 168 Å². The molecule has 1 saturated heterocycles. The Morgan fingerprint density at radius 3 is 2.75 bits per heavy atom. The van der Waals surface area contributed by atoms with Crippen molar-refractivity contribution < 1.29 is 14.3 Å². The van der Waals surface area contributed by atoms with Crippen molar-refractivity contribution in [2.75, 3.05) is 33.4 Å².